The fourth-order valence-electron chi connectivity index (χ4n) is 2.38. The molecule has 3 heterocycles. The number of piperidine rings is 1. The molecule has 2 aromatic heterocycles. The second-order valence-corrected chi connectivity index (χ2v) is 5.71. The topological polar surface area (TPSA) is 51.4 Å². The van der Waals surface area contributed by atoms with E-state index >= 15 is 0 Å². The van der Waals surface area contributed by atoms with Crippen LogP contribution < -0.4 is 4.90 Å². The van der Waals surface area contributed by atoms with Crippen LogP contribution >= 0.6 is 11.3 Å². The third-order valence-electron chi connectivity index (χ3n) is 3.45. The molecule has 1 saturated heterocycles. The van der Waals surface area contributed by atoms with E-state index in [4.69, 9.17) is 9.26 Å². The molecule has 0 radical (unpaired) electrons. The number of thiophene rings is 1. The zero-order valence-electron chi connectivity index (χ0n) is 10.9. The Morgan fingerprint density at radius 2 is 2.32 bits per heavy atom. The molecule has 102 valence electrons. The van der Waals surface area contributed by atoms with Crippen molar-refractivity contribution in [2.75, 3.05) is 31.7 Å². The zero-order valence-corrected chi connectivity index (χ0v) is 11.7. The Bertz CT molecular complexity index is 504. The fourth-order valence-corrected chi connectivity index (χ4v) is 3.02. The normalized spacial score (nSPS) is 17.0. The molecule has 0 aliphatic carbocycles. The predicted octanol–water partition coefficient (Wildman–Crippen LogP) is 2.66. The number of nitrogens with zero attached hydrogens (tertiary/aromatic N) is 3. The van der Waals surface area contributed by atoms with Gasteiger partial charge in [0.1, 0.15) is 0 Å². The maximum absolute atomic E-state index is 5.32. The summed E-state index contributed by atoms with van der Waals surface area (Å²) in [5.74, 6) is 1.98. The number of aromatic nitrogens is 2. The highest BCUT2D eigenvalue weighted by Gasteiger charge is 2.22. The van der Waals surface area contributed by atoms with E-state index in [0.29, 0.717) is 17.8 Å². The molecule has 0 saturated carbocycles. The highest BCUT2D eigenvalue weighted by atomic mass is 32.1. The van der Waals surface area contributed by atoms with Gasteiger partial charge in [0.15, 0.2) is 0 Å². The van der Waals surface area contributed by atoms with Crippen molar-refractivity contribution in [3.05, 3.63) is 17.5 Å². The highest BCUT2D eigenvalue weighted by Crippen LogP contribution is 2.26. The SMILES string of the molecule is COCC1CCN(c2noc(-c3cccs3)n2)CC1. The molecular weight excluding hydrogens is 262 g/mol. The number of hydrogen-bond acceptors (Lipinski definition) is 6. The largest absolute Gasteiger partial charge is 0.384 e. The van der Waals surface area contributed by atoms with Gasteiger partial charge in [-0.3, -0.25) is 0 Å². The molecule has 5 nitrogen and oxygen atoms in total. The van der Waals surface area contributed by atoms with Crippen LogP contribution in [0.2, 0.25) is 0 Å². The quantitative estimate of drug-likeness (QED) is 0.861. The first kappa shape index (κ1) is 12.6. The van der Waals surface area contributed by atoms with E-state index in [-0.39, 0.29) is 0 Å². The zero-order chi connectivity index (χ0) is 13.1. The summed E-state index contributed by atoms with van der Waals surface area (Å²) in [6, 6.07) is 3.98. The van der Waals surface area contributed by atoms with Crippen molar-refractivity contribution in [2.45, 2.75) is 12.8 Å². The lowest BCUT2D eigenvalue weighted by molar-refractivity contribution is 0.138. The van der Waals surface area contributed by atoms with E-state index in [1.807, 2.05) is 17.5 Å². The Hall–Kier alpha value is -1.40. The Morgan fingerprint density at radius 3 is 3.00 bits per heavy atom. The second-order valence-electron chi connectivity index (χ2n) is 4.76. The molecule has 6 heteroatoms. The molecule has 0 spiro atoms. The lowest BCUT2D eigenvalue weighted by atomic mass is 9.98. The van der Waals surface area contributed by atoms with Crippen LogP contribution in [0.3, 0.4) is 0 Å². The Balaban J connectivity index is 1.64. The van der Waals surface area contributed by atoms with Crippen LogP contribution in [0.5, 0.6) is 0 Å². The molecule has 2 aromatic rings. The molecule has 0 bridgehead atoms. The van der Waals surface area contributed by atoms with Gasteiger partial charge in [0.25, 0.3) is 11.8 Å². The van der Waals surface area contributed by atoms with Gasteiger partial charge >= 0.3 is 0 Å². The van der Waals surface area contributed by atoms with Gasteiger partial charge in [-0.25, -0.2) is 0 Å². The number of methoxy groups -OCH3 is 1. The lowest BCUT2D eigenvalue weighted by Crippen LogP contribution is -2.35. The first-order valence-electron chi connectivity index (χ1n) is 6.48. The number of anilines is 1. The molecule has 0 unspecified atom stereocenters. The maximum atomic E-state index is 5.32. The van der Waals surface area contributed by atoms with Gasteiger partial charge in [0, 0.05) is 26.8 Å². The molecule has 0 atom stereocenters. The van der Waals surface area contributed by atoms with Crippen LogP contribution in [-0.4, -0.2) is 36.9 Å². The molecule has 1 aliphatic rings. The van der Waals surface area contributed by atoms with Crippen LogP contribution in [-0.2, 0) is 4.74 Å². The number of hydrogen-bond donors (Lipinski definition) is 0. The van der Waals surface area contributed by atoms with E-state index in [2.05, 4.69) is 15.0 Å². The van der Waals surface area contributed by atoms with Gasteiger partial charge in [-0.1, -0.05) is 6.07 Å². The fraction of sp³-hybridized carbons (Fsp3) is 0.538. The molecular formula is C13H17N3O2S. The maximum Gasteiger partial charge on any atom is 0.269 e. The van der Waals surface area contributed by atoms with Crippen molar-refractivity contribution in [2.24, 2.45) is 5.92 Å². The third kappa shape index (κ3) is 2.79. The summed E-state index contributed by atoms with van der Waals surface area (Å²) in [5, 5.41) is 6.09. The molecule has 0 N–H and O–H groups in total. The van der Waals surface area contributed by atoms with E-state index < -0.39 is 0 Å². The van der Waals surface area contributed by atoms with Gasteiger partial charge in [-0.2, -0.15) is 4.98 Å². The monoisotopic (exact) mass is 279 g/mol. The Morgan fingerprint density at radius 1 is 1.47 bits per heavy atom. The van der Waals surface area contributed by atoms with Crippen LogP contribution in [0.4, 0.5) is 5.95 Å². The van der Waals surface area contributed by atoms with Gasteiger partial charge in [0.05, 0.1) is 4.88 Å². The first-order chi connectivity index (χ1) is 9.36. The Kier molecular flexibility index (Phi) is 3.79. The van der Waals surface area contributed by atoms with Crippen LogP contribution in [0.1, 0.15) is 12.8 Å². The lowest BCUT2D eigenvalue weighted by Gasteiger charge is -2.30. The van der Waals surface area contributed by atoms with Crippen molar-refractivity contribution in [3.8, 4) is 10.8 Å². The summed E-state index contributed by atoms with van der Waals surface area (Å²) in [4.78, 5) is 7.68. The minimum Gasteiger partial charge on any atom is -0.384 e. The molecule has 0 amide bonds. The van der Waals surface area contributed by atoms with Crippen molar-refractivity contribution in [1.29, 1.82) is 0 Å². The second kappa shape index (κ2) is 5.71. The first-order valence-corrected chi connectivity index (χ1v) is 7.36. The third-order valence-corrected chi connectivity index (χ3v) is 4.30. The van der Waals surface area contributed by atoms with Crippen molar-refractivity contribution in [3.63, 3.8) is 0 Å². The van der Waals surface area contributed by atoms with E-state index in [1.54, 1.807) is 18.4 Å². The average molecular weight is 279 g/mol. The number of ether oxygens (including phenoxy) is 1. The summed E-state index contributed by atoms with van der Waals surface area (Å²) in [5.41, 5.74) is 0. The smallest absolute Gasteiger partial charge is 0.269 e. The van der Waals surface area contributed by atoms with E-state index in [9.17, 15) is 0 Å². The summed E-state index contributed by atoms with van der Waals surface area (Å²) >= 11 is 1.61. The van der Waals surface area contributed by atoms with E-state index in [1.165, 1.54) is 0 Å². The summed E-state index contributed by atoms with van der Waals surface area (Å²) < 4.78 is 10.5. The van der Waals surface area contributed by atoms with Crippen molar-refractivity contribution in [1.82, 2.24) is 10.1 Å². The number of rotatable bonds is 4. The molecule has 0 aromatic carbocycles. The average Bonchev–Trinajstić information content (AvgIpc) is 3.11. The summed E-state index contributed by atoms with van der Waals surface area (Å²) in [7, 11) is 1.76. The van der Waals surface area contributed by atoms with E-state index in [0.717, 1.165) is 37.4 Å². The molecule has 1 aliphatic heterocycles. The minimum atomic E-state index is 0.615. The highest BCUT2D eigenvalue weighted by molar-refractivity contribution is 7.13. The Labute approximate surface area is 116 Å². The van der Waals surface area contributed by atoms with Crippen molar-refractivity contribution < 1.29 is 9.26 Å². The van der Waals surface area contributed by atoms with Gasteiger partial charge in [-0.15, -0.1) is 11.3 Å². The van der Waals surface area contributed by atoms with Gasteiger partial charge in [0.2, 0.25) is 0 Å². The van der Waals surface area contributed by atoms with Crippen LogP contribution in [0.25, 0.3) is 10.8 Å². The standard InChI is InChI=1S/C13H17N3O2S/c1-17-9-10-4-6-16(7-5-10)13-14-12(18-15-13)11-3-2-8-19-11/h2-3,8,10H,4-7,9H2,1H3. The predicted molar refractivity (Wildman–Crippen MR) is 74.4 cm³/mol. The molecule has 3 rings (SSSR count). The summed E-state index contributed by atoms with van der Waals surface area (Å²) in [6.45, 7) is 2.79. The van der Waals surface area contributed by atoms with Gasteiger partial charge in [-0.05, 0) is 35.4 Å². The summed E-state index contributed by atoms with van der Waals surface area (Å²) in [6.07, 6.45) is 2.24. The minimum absolute atomic E-state index is 0.615. The van der Waals surface area contributed by atoms with Gasteiger partial charge < -0.3 is 14.2 Å². The molecule has 19 heavy (non-hydrogen) atoms. The van der Waals surface area contributed by atoms with Crippen LogP contribution in [0.15, 0.2) is 22.0 Å². The van der Waals surface area contributed by atoms with Crippen molar-refractivity contribution >= 4 is 17.3 Å². The van der Waals surface area contributed by atoms with Crippen LogP contribution in [0, 0.1) is 5.92 Å². The molecule has 1 fully saturated rings.